The highest BCUT2D eigenvalue weighted by atomic mass is 16.6. The van der Waals surface area contributed by atoms with Gasteiger partial charge in [0.15, 0.2) is 17.6 Å². The minimum absolute atomic E-state index is 0.0313. The van der Waals surface area contributed by atoms with Crippen LogP contribution in [0, 0.1) is 0 Å². The lowest BCUT2D eigenvalue weighted by Gasteiger charge is -2.12. The fourth-order valence-corrected chi connectivity index (χ4v) is 2.43. The maximum absolute atomic E-state index is 12.3. The minimum Gasteiger partial charge on any atom is -0.449 e. The largest absolute Gasteiger partial charge is 0.449 e. The molecule has 0 aliphatic heterocycles. The van der Waals surface area contributed by atoms with Gasteiger partial charge in [0, 0.05) is 5.39 Å². The third-order valence-electron chi connectivity index (χ3n) is 3.74. The molecule has 0 spiro atoms. The Hall–Kier alpha value is -3.75. The Bertz CT molecular complexity index is 1080. The van der Waals surface area contributed by atoms with Crippen LogP contribution in [0.15, 0.2) is 47.4 Å². The van der Waals surface area contributed by atoms with Crippen molar-refractivity contribution < 1.29 is 18.7 Å². The number of imidazole rings is 1. The topological polar surface area (TPSA) is 123 Å². The van der Waals surface area contributed by atoms with Gasteiger partial charge in [0.25, 0.3) is 5.91 Å². The molecule has 1 unspecified atom stereocenters. The monoisotopic (exact) mass is 351 g/mol. The van der Waals surface area contributed by atoms with Crippen molar-refractivity contribution >= 4 is 39.8 Å². The SMILES string of the molecule is CC(OC(=O)c1cc2ccccc2o1)C(=O)Nc1ncnc2nc[nH]c12. The molecular formula is C17H13N5O4. The predicted molar refractivity (Wildman–Crippen MR) is 91.4 cm³/mol. The van der Waals surface area contributed by atoms with E-state index in [0.29, 0.717) is 16.7 Å². The zero-order valence-electron chi connectivity index (χ0n) is 13.6. The number of para-hydroxylation sites is 1. The standard InChI is InChI=1S/C17H13N5O4/c1-9(16(23)22-15-13-14(19-7-18-13)20-8-21-15)25-17(24)12-6-10-4-2-3-5-11(10)26-12/h2-9H,1H3,(H2,18,19,20,21,22,23). The summed E-state index contributed by atoms with van der Waals surface area (Å²) in [5, 5.41) is 3.36. The van der Waals surface area contributed by atoms with Crippen LogP contribution in [0.2, 0.25) is 0 Å². The molecule has 1 atom stereocenters. The Kier molecular flexibility index (Phi) is 3.81. The van der Waals surface area contributed by atoms with Gasteiger partial charge in [-0.3, -0.25) is 4.79 Å². The number of fused-ring (bicyclic) bond motifs is 2. The predicted octanol–water partition coefficient (Wildman–Crippen LogP) is 2.28. The van der Waals surface area contributed by atoms with E-state index < -0.39 is 18.0 Å². The number of benzene rings is 1. The summed E-state index contributed by atoms with van der Waals surface area (Å²) in [5.74, 6) is -0.977. The molecule has 9 nitrogen and oxygen atoms in total. The summed E-state index contributed by atoms with van der Waals surface area (Å²) in [6, 6.07) is 8.76. The third-order valence-corrected chi connectivity index (χ3v) is 3.74. The van der Waals surface area contributed by atoms with E-state index in [4.69, 9.17) is 9.15 Å². The number of furan rings is 1. The van der Waals surface area contributed by atoms with Crippen LogP contribution in [0.1, 0.15) is 17.5 Å². The molecule has 1 amide bonds. The van der Waals surface area contributed by atoms with Crippen LogP contribution >= 0.6 is 0 Å². The number of nitrogens with zero attached hydrogens (tertiary/aromatic N) is 3. The fraction of sp³-hybridized carbons (Fsp3) is 0.118. The number of esters is 1. The lowest BCUT2D eigenvalue weighted by Crippen LogP contribution is -2.30. The van der Waals surface area contributed by atoms with E-state index in [2.05, 4.69) is 25.3 Å². The van der Waals surface area contributed by atoms with Crippen LogP contribution in [0.25, 0.3) is 22.1 Å². The van der Waals surface area contributed by atoms with Crippen molar-refractivity contribution in [2.24, 2.45) is 0 Å². The van der Waals surface area contributed by atoms with Gasteiger partial charge in [0.1, 0.15) is 17.4 Å². The normalized spacial score (nSPS) is 12.2. The Morgan fingerprint density at radius 3 is 2.92 bits per heavy atom. The van der Waals surface area contributed by atoms with Crippen molar-refractivity contribution in [3.8, 4) is 0 Å². The lowest BCUT2D eigenvalue weighted by atomic mass is 10.2. The Balaban J connectivity index is 1.46. The van der Waals surface area contributed by atoms with Crippen molar-refractivity contribution in [1.29, 1.82) is 0 Å². The average Bonchev–Trinajstić information content (AvgIpc) is 3.28. The van der Waals surface area contributed by atoms with Crippen molar-refractivity contribution in [1.82, 2.24) is 19.9 Å². The average molecular weight is 351 g/mol. The van der Waals surface area contributed by atoms with Gasteiger partial charge < -0.3 is 19.5 Å². The van der Waals surface area contributed by atoms with Gasteiger partial charge in [-0.15, -0.1) is 0 Å². The number of hydrogen-bond acceptors (Lipinski definition) is 7. The van der Waals surface area contributed by atoms with E-state index in [-0.39, 0.29) is 11.6 Å². The summed E-state index contributed by atoms with van der Waals surface area (Å²) in [4.78, 5) is 39.3. The first-order chi connectivity index (χ1) is 12.6. The molecule has 3 heterocycles. The quantitative estimate of drug-likeness (QED) is 0.541. The van der Waals surface area contributed by atoms with Gasteiger partial charge in [-0.05, 0) is 19.1 Å². The number of nitrogens with one attached hydrogen (secondary N) is 2. The van der Waals surface area contributed by atoms with E-state index in [0.717, 1.165) is 5.39 Å². The number of H-pyrrole nitrogens is 1. The van der Waals surface area contributed by atoms with Crippen LogP contribution in [0.3, 0.4) is 0 Å². The second kappa shape index (κ2) is 6.28. The molecule has 2 N–H and O–H groups in total. The summed E-state index contributed by atoms with van der Waals surface area (Å²) in [6.45, 7) is 1.46. The molecule has 9 heteroatoms. The van der Waals surface area contributed by atoms with Gasteiger partial charge in [0.2, 0.25) is 5.76 Å². The fourth-order valence-electron chi connectivity index (χ4n) is 2.43. The number of carbonyl (C=O) groups excluding carboxylic acids is 2. The molecule has 4 aromatic rings. The van der Waals surface area contributed by atoms with Crippen LogP contribution in [0.5, 0.6) is 0 Å². The molecule has 0 bridgehead atoms. The molecule has 26 heavy (non-hydrogen) atoms. The van der Waals surface area contributed by atoms with Crippen LogP contribution in [0.4, 0.5) is 5.82 Å². The molecule has 3 aromatic heterocycles. The maximum Gasteiger partial charge on any atom is 0.375 e. The molecule has 0 aliphatic rings. The molecule has 1 aromatic carbocycles. The lowest BCUT2D eigenvalue weighted by molar-refractivity contribution is -0.123. The molecule has 0 saturated carbocycles. The number of hydrogen-bond donors (Lipinski definition) is 2. The highest BCUT2D eigenvalue weighted by Crippen LogP contribution is 2.20. The molecule has 130 valence electrons. The van der Waals surface area contributed by atoms with Crippen LogP contribution < -0.4 is 5.32 Å². The minimum atomic E-state index is -1.05. The number of amides is 1. The second-order valence-corrected chi connectivity index (χ2v) is 5.51. The molecule has 0 radical (unpaired) electrons. The van der Waals surface area contributed by atoms with Gasteiger partial charge in [-0.2, -0.15) is 0 Å². The summed E-state index contributed by atoms with van der Waals surface area (Å²) < 4.78 is 10.6. The van der Waals surface area contributed by atoms with Crippen molar-refractivity contribution in [3.05, 3.63) is 48.7 Å². The van der Waals surface area contributed by atoms with E-state index in [9.17, 15) is 9.59 Å². The van der Waals surface area contributed by atoms with Gasteiger partial charge in [0.05, 0.1) is 6.33 Å². The first kappa shape index (κ1) is 15.8. The van der Waals surface area contributed by atoms with Crippen LogP contribution in [-0.2, 0) is 9.53 Å². The first-order valence-electron chi connectivity index (χ1n) is 7.76. The van der Waals surface area contributed by atoms with E-state index >= 15 is 0 Å². The third kappa shape index (κ3) is 2.86. The summed E-state index contributed by atoms with van der Waals surface area (Å²) >= 11 is 0. The van der Waals surface area contributed by atoms with E-state index in [1.54, 1.807) is 18.2 Å². The van der Waals surface area contributed by atoms with Gasteiger partial charge in [-0.25, -0.2) is 19.7 Å². The number of aromatic nitrogens is 4. The Morgan fingerprint density at radius 1 is 1.23 bits per heavy atom. The Morgan fingerprint density at radius 2 is 2.08 bits per heavy atom. The first-order valence-corrected chi connectivity index (χ1v) is 7.76. The molecule has 0 aliphatic carbocycles. The number of aromatic amines is 1. The Labute approximate surface area is 146 Å². The summed E-state index contributed by atoms with van der Waals surface area (Å²) in [7, 11) is 0. The summed E-state index contributed by atoms with van der Waals surface area (Å²) in [6.07, 6.45) is 1.67. The van der Waals surface area contributed by atoms with E-state index in [1.807, 2.05) is 12.1 Å². The molecule has 4 rings (SSSR count). The highest BCUT2D eigenvalue weighted by Gasteiger charge is 2.22. The molecular weight excluding hydrogens is 338 g/mol. The number of carbonyl (C=O) groups is 2. The van der Waals surface area contributed by atoms with E-state index in [1.165, 1.54) is 19.6 Å². The zero-order valence-corrected chi connectivity index (χ0v) is 13.6. The smallest absolute Gasteiger partial charge is 0.375 e. The van der Waals surface area contributed by atoms with Crippen molar-refractivity contribution in [3.63, 3.8) is 0 Å². The second-order valence-electron chi connectivity index (χ2n) is 5.51. The summed E-state index contributed by atoms with van der Waals surface area (Å²) in [5.41, 5.74) is 1.47. The van der Waals surface area contributed by atoms with Gasteiger partial charge in [-0.1, -0.05) is 18.2 Å². The van der Waals surface area contributed by atoms with Crippen molar-refractivity contribution in [2.45, 2.75) is 13.0 Å². The van der Waals surface area contributed by atoms with Crippen molar-refractivity contribution in [2.75, 3.05) is 5.32 Å². The van der Waals surface area contributed by atoms with Crippen LogP contribution in [-0.4, -0.2) is 37.9 Å². The van der Waals surface area contributed by atoms with Gasteiger partial charge >= 0.3 is 5.97 Å². The highest BCUT2D eigenvalue weighted by molar-refractivity contribution is 6.00. The number of rotatable bonds is 4. The molecule has 0 saturated heterocycles. The number of anilines is 1. The zero-order chi connectivity index (χ0) is 18.1. The number of ether oxygens (including phenoxy) is 1. The maximum atomic E-state index is 12.3. The molecule has 0 fully saturated rings.